The van der Waals surface area contributed by atoms with Gasteiger partial charge in [0.25, 0.3) is 0 Å². The molecule has 6 nitrogen and oxygen atoms in total. The van der Waals surface area contributed by atoms with Gasteiger partial charge in [0.15, 0.2) is 7.05 Å². The summed E-state index contributed by atoms with van der Waals surface area (Å²) < 4.78 is 13.0. The Kier molecular flexibility index (Phi) is 16.6. The molecular weight excluding hydrogens is 387 g/mol. The Balaban J connectivity index is 0. The van der Waals surface area contributed by atoms with Crippen molar-refractivity contribution in [1.29, 1.82) is 0 Å². The van der Waals surface area contributed by atoms with E-state index in [-0.39, 0.29) is 12.2 Å². The quantitative estimate of drug-likeness (QED) is 0.519. The molecule has 0 bridgehead atoms. The van der Waals surface area contributed by atoms with Gasteiger partial charge in [0.1, 0.15) is 5.83 Å². The molecule has 28 heavy (non-hydrogen) atoms. The highest BCUT2D eigenvalue weighted by Gasteiger charge is 2.09. The molecule has 0 saturated heterocycles. The molecule has 2 rings (SSSR count). The molecular formula is C20H30ClFN2O4. The third-order valence-electron chi connectivity index (χ3n) is 3.14. The van der Waals surface area contributed by atoms with Gasteiger partial charge in [0.2, 0.25) is 0 Å². The fourth-order valence-electron chi connectivity index (χ4n) is 2.06. The number of carboxylic acid groups (broad SMARTS) is 1. The van der Waals surface area contributed by atoms with Gasteiger partial charge in [-0.3, -0.25) is 14.9 Å². The number of hydrogen-bond acceptors (Lipinski definition) is 4. The van der Waals surface area contributed by atoms with E-state index in [1.807, 2.05) is 51.1 Å². The maximum absolute atomic E-state index is 13.0. The van der Waals surface area contributed by atoms with Crippen LogP contribution in [0.3, 0.4) is 0 Å². The number of nitrogens with one attached hydrogen (secondary N) is 1. The van der Waals surface area contributed by atoms with Gasteiger partial charge in [-0.25, -0.2) is 4.39 Å². The van der Waals surface area contributed by atoms with Crippen molar-refractivity contribution >= 4 is 17.6 Å². The summed E-state index contributed by atoms with van der Waals surface area (Å²) in [7, 11) is 2.60. The number of rotatable bonds is 3. The van der Waals surface area contributed by atoms with Crippen molar-refractivity contribution < 1.29 is 19.2 Å². The standard InChI is InChI=1S/C9H10O2.C8H11ClFN.C2H6.CH3NO2/c1-7-3-2-4-8(5-7)6-9(10)11;1-11-8-5-6(9)3-2-4-7(8)10;1-2;1-2(3)4/h2-5H,6H2,1H3,(H,10,11);3,11H,2,4-5H2,1H3;1-2H3;1H3. The zero-order valence-electron chi connectivity index (χ0n) is 17.1. The van der Waals surface area contributed by atoms with Gasteiger partial charge in [-0.15, -0.1) is 0 Å². The van der Waals surface area contributed by atoms with E-state index in [4.69, 9.17) is 26.8 Å². The lowest BCUT2D eigenvalue weighted by Crippen LogP contribution is -2.07. The normalized spacial score (nSPS) is 12.5. The summed E-state index contributed by atoms with van der Waals surface area (Å²) in [5, 5.41) is 20.8. The van der Waals surface area contributed by atoms with E-state index in [2.05, 4.69) is 5.32 Å². The van der Waals surface area contributed by atoms with Gasteiger partial charge < -0.3 is 10.4 Å². The molecule has 0 spiro atoms. The van der Waals surface area contributed by atoms with Crippen LogP contribution in [0.4, 0.5) is 4.39 Å². The Morgan fingerprint density at radius 3 is 2.43 bits per heavy atom. The number of halogens is 2. The van der Waals surface area contributed by atoms with Crippen LogP contribution in [0.5, 0.6) is 0 Å². The van der Waals surface area contributed by atoms with Gasteiger partial charge in [-0.2, -0.15) is 0 Å². The number of hydrogen-bond donors (Lipinski definition) is 2. The average Bonchev–Trinajstić information content (AvgIpc) is 2.76. The highest BCUT2D eigenvalue weighted by molar-refractivity contribution is 6.29. The number of carbonyl (C=O) groups is 1. The molecule has 0 aliphatic heterocycles. The first-order valence-corrected chi connectivity index (χ1v) is 9.28. The number of aryl methyl sites for hydroxylation is 1. The molecule has 1 aromatic carbocycles. The second kappa shape index (κ2) is 16.7. The van der Waals surface area contributed by atoms with Crippen molar-refractivity contribution in [3.63, 3.8) is 0 Å². The summed E-state index contributed by atoms with van der Waals surface area (Å²) in [5.41, 5.74) is 2.57. The van der Waals surface area contributed by atoms with Gasteiger partial charge in [-0.1, -0.05) is 61.4 Å². The summed E-state index contributed by atoms with van der Waals surface area (Å²) in [6, 6.07) is 7.52. The first kappa shape index (κ1) is 27.8. The lowest BCUT2D eigenvalue weighted by molar-refractivity contribution is -0.445. The van der Waals surface area contributed by atoms with E-state index in [9.17, 15) is 9.18 Å². The molecule has 0 heterocycles. The Morgan fingerprint density at radius 2 is 1.96 bits per heavy atom. The van der Waals surface area contributed by atoms with Crippen LogP contribution in [0, 0.1) is 17.0 Å². The smallest absolute Gasteiger partial charge is 0.307 e. The van der Waals surface area contributed by atoms with Crippen LogP contribution in [-0.4, -0.2) is 30.1 Å². The van der Waals surface area contributed by atoms with Crippen LogP contribution in [-0.2, 0) is 11.2 Å². The fraction of sp³-hybridized carbons (Fsp3) is 0.450. The molecule has 0 radical (unpaired) electrons. The minimum absolute atomic E-state index is 0.0700. The molecule has 1 aromatic rings. The zero-order chi connectivity index (χ0) is 22.1. The maximum Gasteiger partial charge on any atom is 0.307 e. The van der Waals surface area contributed by atoms with Crippen LogP contribution in [0.1, 0.15) is 44.2 Å². The van der Waals surface area contributed by atoms with Gasteiger partial charge >= 0.3 is 5.97 Å². The van der Waals surface area contributed by atoms with E-state index < -0.39 is 10.9 Å². The molecule has 158 valence electrons. The van der Waals surface area contributed by atoms with Crippen molar-refractivity contribution in [1.82, 2.24) is 5.32 Å². The topological polar surface area (TPSA) is 92.5 Å². The van der Waals surface area contributed by atoms with Crippen molar-refractivity contribution in [2.45, 2.75) is 46.5 Å². The maximum atomic E-state index is 13.0. The van der Waals surface area contributed by atoms with Crippen molar-refractivity contribution in [3.8, 4) is 0 Å². The Morgan fingerprint density at radius 1 is 1.39 bits per heavy atom. The third-order valence-corrected chi connectivity index (χ3v) is 3.43. The zero-order valence-corrected chi connectivity index (χ0v) is 17.8. The van der Waals surface area contributed by atoms with E-state index in [1.54, 1.807) is 7.05 Å². The summed E-state index contributed by atoms with van der Waals surface area (Å²) in [6.07, 6.45) is 3.65. The van der Waals surface area contributed by atoms with Gasteiger partial charge in [0, 0.05) is 35.5 Å². The molecule has 0 atom stereocenters. The van der Waals surface area contributed by atoms with Crippen LogP contribution < -0.4 is 5.32 Å². The summed E-state index contributed by atoms with van der Waals surface area (Å²) in [5.74, 6) is -0.852. The summed E-state index contributed by atoms with van der Waals surface area (Å²) >= 11 is 5.78. The fourth-order valence-corrected chi connectivity index (χ4v) is 2.31. The predicted octanol–water partition coefficient (Wildman–Crippen LogP) is 5.23. The van der Waals surface area contributed by atoms with E-state index in [1.165, 1.54) is 0 Å². The summed E-state index contributed by atoms with van der Waals surface area (Å²) in [4.78, 5) is 18.6. The second-order valence-electron chi connectivity index (χ2n) is 5.50. The highest BCUT2D eigenvalue weighted by Crippen LogP contribution is 2.24. The summed E-state index contributed by atoms with van der Waals surface area (Å²) in [6.45, 7) is 5.95. The largest absolute Gasteiger partial charge is 0.481 e. The molecule has 0 aromatic heterocycles. The molecule has 0 unspecified atom stereocenters. The molecule has 0 fully saturated rings. The Labute approximate surface area is 171 Å². The van der Waals surface area contributed by atoms with E-state index >= 15 is 0 Å². The van der Waals surface area contributed by atoms with Crippen LogP contribution in [0.25, 0.3) is 0 Å². The Bertz CT molecular complexity index is 672. The molecule has 1 aliphatic carbocycles. The van der Waals surface area contributed by atoms with Crippen LogP contribution in [0.15, 0.2) is 46.9 Å². The van der Waals surface area contributed by atoms with Crippen LogP contribution >= 0.6 is 11.6 Å². The molecule has 8 heteroatoms. The minimum Gasteiger partial charge on any atom is -0.481 e. The predicted molar refractivity (Wildman–Crippen MR) is 112 cm³/mol. The van der Waals surface area contributed by atoms with E-state index in [0.717, 1.165) is 23.2 Å². The molecule has 0 amide bonds. The Hall–Kier alpha value is -2.41. The second-order valence-corrected chi connectivity index (χ2v) is 5.98. The lowest BCUT2D eigenvalue weighted by atomic mass is 10.1. The molecule has 0 saturated carbocycles. The lowest BCUT2D eigenvalue weighted by Gasteiger charge is -2.04. The SMILES string of the molecule is CC.CNC1=C(F)CCC=C(Cl)C1.C[N+](=O)[O-].Cc1cccc(CC(=O)O)c1. The number of aliphatic carboxylic acids is 1. The van der Waals surface area contributed by atoms with Crippen molar-refractivity contribution in [2.24, 2.45) is 0 Å². The number of benzene rings is 1. The highest BCUT2D eigenvalue weighted by atomic mass is 35.5. The van der Waals surface area contributed by atoms with Gasteiger partial charge in [-0.05, 0) is 18.9 Å². The van der Waals surface area contributed by atoms with E-state index in [0.29, 0.717) is 25.0 Å². The molecule has 1 aliphatic rings. The van der Waals surface area contributed by atoms with Gasteiger partial charge in [0.05, 0.1) is 6.42 Å². The monoisotopic (exact) mass is 416 g/mol. The first-order valence-electron chi connectivity index (χ1n) is 8.90. The van der Waals surface area contributed by atoms with Crippen molar-refractivity contribution in [2.75, 3.05) is 14.1 Å². The molecule has 2 N–H and O–H groups in total. The number of nitro groups is 1. The van der Waals surface area contributed by atoms with Crippen LogP contribution in [0.2, 0.25) is 0 Å². The first-order chi connectivity index (χ1) is 13.1. The number of nitrogens with zero attached hydrogens (tertiary/aromatic N) is 1. The number of allylic oxidation sites excluding steroid dienone is 3. The number of carboxylic acids is 1. The third kappa shape index (κ3) is 15.8. The van der Waals surface area contributed by atoms with Crippen molar-refractivity contribution in [3.05, 3.63) is 68.1 Å². The average molecular weight is 417 g/mol. The minimum atomic E-state index is -0.782.